The van der Waals surface area contributed by atoms with Gasteiger partial charge >= 0.3 is 0 Å². The average molecular weight is 493 g/mol. The molecular formula is C24H25ClN8O2. The van der Waals surface area contributed by atoms with E-state index < -0.39 is 0 Å². The lowest BCUT2D eigenvalue weighted by molar-refractivity contribution is 0.102. The van der Waals surface area contributed by atoms with Crippen molar-refractivity contribution >= 4 is 41.0 Å². The molecule has 4 aromatic rings. The number of carbonyl (C=O) groups excluding carboxylic acids is 1. The van der Waals surface area contributed by atoms with E-state index in [4.69, 9.17) is 15.6 Å². The number of nitrogens with zero attached hydrogens (tertiary/aromatic N) is 5. The summed E-state index contributed by atoms with van der Waals surface area (Å²) in [6.45, 7) is 1.06. The summed E-state index contributed by atoms with van der Waals surface area (Å²) in [7, 11) is 1.57. The van der Waals surface area contributed by atoms with Crippen molar-refractivity contribution in [1.29, 1.82) is 0 Å². The van der Waals surface area contributed by atoms with E-state index in [9.17, 15) is 4.79 Å². The largest absolute Gasteiger partial charge is 0.496 e. The lowest BCUT2D eigenvalue weighted by Gasteiger charge is -2.23. The van der Waals surface area contributed by atoms with Crippen LogP contribution in [0.5, 0.6) is 5.75 Å². The third-order valence-electron chi connectivity index (χ3n) is 6.75. The molecule has 1 aromatic carbocycles. The predicted octanol–water partition coefficient (Wildman–Crippen LogP) is 3.08. The maximum absolute atomic E-state index is 12.8. The number of piperidine rings is 1. The number of nitrogens with two attached hydrogens (primary N) is 1. The molecule has 180 valence electrons. The number of hydrogen-bond acceptors (Lipinski definition) is 8. The van der Waals surface area contributed by atoms with Gasteiger partial charge in [0.25, 0.3) is 5.91 Å². The summed E-state index contributed by atoms with van der Waals surface area (Å²) in [4.78, 5) is 25.7. The molecule has 3 aromatic heterocycles. The molecule has 0 radical (unpaired) electrons. The second-order valence-electron chi connectivity index (χ2n) is 8.75. The van der Waals surface area contributed by atoms with E-state index >= 15 is 0 Å². The van der Waals surface area contributed by atoms with Crippen LogP contribution in [0.3, 0.4) is 0 Å². The van der Waals surface area contributed by atoms with Crippen LogP contribution in [0.1, 0.15) is 29.2 Å². The number of benzene rings is 1. The lowest BCUT2D eigenvalue weighted by atomic mass is 10.0. The summed E-state index contributed by atoms with van der Waals surface area (Å²) in [5, 5.41) is 12.0. The van der Waals surface area contributed by atoms with Crippen molar-refractivity contribution in [3.05, 3.63) is 54.5 Å². The van der Waals surface area contributed by atoms with Crippen molar-refractivity contribution in [2.45, 2.75) is 24.9 Å². The maximum atomic E-state index is 12.8. The van der Waals surface area contributed by atoms with Crippen molar-refractivity contribution in [2.75, 3.05) is 24.7 Å². The quantitative estimate of drug-likeness (QED) is 0.387. The van der Waals surface area contributed by atoms with Gasteiger partial charge in [-0.15, -0.1) is 12.4 Å². The van der Waals surface area contributed by atoms with Gasteiger partial charge in [-0.2, -0.15) is 5.10 Å². The third kappa shape index (κ3) is 3.94. The van der Waals surface area contributed by atoms with Crippen molar-refractivity contribution in [3.8, 4) is 17.0 Å². The summed E-state index contributed by atoms with van der Waals surface area (Å²) in [6.07, 6.45) is 5.30. The standard InChI is InChI=1S/C24H24N8O2.ClH/c1-34-18-10-14(24(33)30-19-4-2-3-7-26-19)5-6-15(18)21-20-22(25)28-12-29-23(20)32(31-21)17-9-13-8-16(17)27-11-13;/h2-7,10,12-13,16-17,27H,8-9,11H2,1H3,(H2,25,28,29)(H,26,30,33);1H/t13-,16?,17?;/m1./s1. The highest BCUT2D eigenvalue weighted by Gasteiger charge is 2.42. The van der Waals surface area contributed by atoms with Crippen LogP contribution in [0.15, 0.2) is 48.9 Å². The zero-order valence-electron chi connectivity index (χ0n) is 19.0. The highest BCUT2D eigenvalue weighted by molar-refractivity contribution is 6.05. The first-order valence-electron chi connectivity index (χ1n) is 11.2. The van der Waals surface area contributed by atoms with E-state index in [-0.39, 0.29) is 24.4 Å². The molecule has 2 aliphatic rings. The second-order valence-corrected chi connectivity index (χ2v) is 8.75. The minimum atomic E-state index is -0.283. The molecule has 4 heterocycles. The van der Waals surface area contributed by atoms with E-state index in [0.717, 1.165) is 24.9 Å². The number of methoxy groups -OCH3 is 1. The Balaban J connectivity index is 0.00000253. The molecule has 1 saturated carbocycles. The molecule has 2 fully saturated rings. The SMILES string of the molecule is COc1cc(C(=O)Nc2ccccn2)ccc1-c1nn(C2C[C@@H]3CNC2C3)c2ncnc(N)c12.Cl. The van der Waals surface area contributed by atoms with Crippen LogP contribution in [0.2, 0.25) is 0 Å². The topological polar surface area (TPSA) is 133 Å². The highest BCUT2D eigenvalue weighted by Crippen LogP contribution is 2.43. The first-order valence-corrected chi connectivity index (χ1v) is 11.2. The molecule has 3 atom stereocenters. The maximum Gasteiger partial charge on any atom is 0.256 e. The minimum absolute atomic E-state index is 0. The van der Waals surface area contributed by atoms with Crippen LogP contribution in [-0.4, -0.2) is 50.3 Å². The Morgan fingerprint density at radius 3 is 2.80 bits per heavy atom. The van der Waals surface area contributed by atoms with Gasteiger partial charge in [-0.25, -0.2) is 19.6 Å². The summed E-state index contributed by atoms with van der Waals surface area (Å²) in [6, 6.07) is 11.2. The fourth-order valence-corrected chi connectivity index (χ4v) is 5.16. The number of pyridine rings is 1. The van der Waals surface area contributed by atoms with Gasteiger partial charge in [-0.3, -0.25) is 4.79 Å². The second kappa shape index (κ2) is 9.12. The van der Waals surface area contributed by atoms with Crippen molar-refractivity contribution in [3.63, 3.8) is 0 Å². The Morgan fingerprint density at radius 1 is 1.20 bits per heavy atom. The first-order chi connectivity index (χ1) is 16.6. The van der Waals surface area contributed by atoms with Gasteiger partial charge in [0.15, 0.2) is 5.65 Å². The number of ether oxygens (including phenoxy) is 1. The molecule has 1 aliphatic carbocycles. The molecule has 1 aliphatic heterocycles. The molecule has 11 heteroatoms. The predicted molar refractivity (Wildman–Crippen MR) is 135 cm³/mol. The van der Waals surface area contributed by atoms with E-state index in [2.05, 4.69) is 25.6 Å². The summed E-state index contributed by atoms with van der Waals surface area (Å²) >= 11 is 0. The van der Waals surface area contributed by atoms with Crippen molar-refractivity contribution in [1.82, 2.24) is 30.0 Å². The van der Waals surface area contributed by atoms with Gasteiger partial charge in [-0.1, -0.05) is 6.07 Å². The fourth-order valence-electron chi connectivity index (χ4n) is 5.16. The van der Waals surface area contributed by atoms with Gasteiger partial charge in [0.05, 0.1) is 18.5 Å². The smallest absolute Gasteiger partial charge is 0.256 e. The molecule has 2 bridgehead atoms. The minimum Gasteiger partial charge on any atom is -0.496 e. The first kappa shape index (κ1) is 23.0. The van der Waals surface area contributed by atoms with Crippen LogP contribution < -0.4 is 21.1 Å². The molecule has 6 rings (SSSR count). The molecule has 2 unspecified atom stereocenters. The normalized spacial score (nSPS) is 20.5. The van der Waals surface area contributed by atoms with Gasteiger partial charge in [-0.05, 0) is 55.6 Å². The van der Waals surface area contributed by atoms with E-state index in [0.29, 0.717) is 51.6 Å². The summed E-state index contributed by atoms with van der Waals surface area (Å²) in [5.74, 6) is 1.72. The van der Waals surface area contributed by atoms with Gasteiger partial charge in [0.1, 0.15) is 29.4 Å². The zero-order valence-corrected chi connectivity index (χ0v) is 19.8. The monoisotopic (exact) mass is 492 g/mol. The van der Waals surface area contributed by atoms with Gasteiger partial charge in [0, 0.05) is 23.4 Å². The number of hydrogen-bond donors (Lipinski definition) is 3. The molecule has 1 saturated heterocycles. The zero-order chi connectivity index (χ0) is 23.2. The number of rotatable bonds is 5. The Morgan fingerprint density at radius 2 is 2.09 bits per heavy atom. The number of carbonyl (C=O) groups is 1. The highest BCUT2D eigenvalue weighted by atomic mass is 35.5. The number of nitrogens with one attached hydrogen (secondary N) is 2. The van der Waals surface area contributed by atoms with Crippen LogP contribution in [0.25, 0.3) is 22.3 Å². The summed E-state index contributed by atoms with van der Waals surface area (Å²) < 4.78 is 7.66. The van der Waals surface area contributed by atoms with Crippen molar-refractivity contribution < 1.29 is 9.53 Å². The van der Waals surface area contributed by atoms with Gasteiger partial charge in [0.2, 0.25) is 0 Å². The number of aromatic nitrogens is 5. The molecule has 10 nitrogen and oxygen atoms in total. The van der Waals surface area contributed by atoms with E-state index in [1.165, 1.54) is 6.33 Å². The number of fused-ring (bicyclic) bond motifs is 3. The lowest BCUT2D eigenvalue weighted by Crippen LogP contribution is -2.35. The van der Waals surface area contributed by atoms with Crippen LogP contribution in [0, 0.1) is 5.92 Å². The molecule has 35 heavy (non-hydrogen) atoms. The summed E-state index contributed by atoms with van der Waals surface area (Å²) in [5.41, 5.74) is 8.82. The van der Waals surface area contributed by atoms with Crippen LogP contribution >= 0.6 is 12.4 Å². The van der Waals surface area contributed by atoms with Crippen molar-refractivity contribution in [2.24, 2.45) is 5.92 Å². The number of halogens is 1. The van der Waals surface area contributed by atoms with Crippen LogP contribution in [0.4, 0.5) is 11.6 Å². The third-order valence-corrected chi connectivity index (χ3v) is 6.75. The number of anilines is 2. The molecule has 0 spiro atoms. The average Bonchev–Trinajstić information content (AvgIpc) is 3.59. The molecule has 1 amide bonds. The Labute approximate surface area is 207 Å². The number of nitrogen functional groups attached to an aromatic ring is 1. The Kier molecular flexibility index (Phi) is 6.00. The Bertz CT molecular complexity index is 1390. The molecule has 4 N–H and O–H groups in total. The molecular weight excluding hydrogens is 468 g/mol. The number of amides is 1. The van der Waals surface area contributed by atoms with E-state index in [1.54, 1.807) is 37.6 Å². The van der Waals surface area contributed by atoms with Gasteiger partial charge < -0.3 is 21.1 Å². The van der Waals surface area contributed by atoms with E-state index in [1.807, 2.05) is 16.8 Å². The van der Waals surface area contributed by atoms with Crippen LogP contribution in [-0.2, 0) is 0 Å². The fraction of sp³-hybridized carbons (Fsp3) is 0.292. The Hall–Kier alpha value is -3.76.